The normalized spacial score (nSPS) is 16.9. The number of likely N-dealkylation sites (N-methyl/N-ethyl adjacent to an activating group) is 2. The van der Waals surface area contributed by atoms with E-state index in [1.165, 1.54) is 73.0 Å². The van der Waals surface area contributed by atoms with Crippen LogP contribution < -0.4 is 30.2 Å². The van der Waals surface area contributed by atoms with Gasteiger partial charge in [0.1, 0.15) is 41.3 Å². The Hall–Kier alpha value is -6.52. The van der Waals surface area contributed by atoms with Crippen molar-refractivity contribution in [2.75, 3.05) is 28.3 Å². The molecule has 5 rings (SSSR count). The van der Waals surface area contributed by atoms with Crippen LogP contribution in [0.1, 0.15) is 71.6 Å². The molecule has 0 fully saturated rings. The number of hydrogen-bond acceptors (Lipinski definition) is 11. The molecule has 2 heterocycles. The molecule has 0 aliphatic carbocycles. The Bertz CT molecular complexity index is 2210. The third-order valence-electron chi connectivity index (χ3n) is 10.8. The summed E-state index contributed by atoms with van der Waals surface area (Å²) < 4.78 is 36.7. The molecule has 64 heavy (non-hydrogen) atoms. The van der Waals surface area contributed by atoms with Crippen molar-refractivity contribution in [3.8, 4) is 23.0 Å². The molecule has 16 nitrogen and oxygen atoms in total. The van der Waals surface area contributed by atoms with Crippen LogP contribution in [0.4, 0.5) is 9.18 Å². The Morgan fingerprint density at radius 1 is 0.766 bits per heavy atom. The molecule has 3 aromatic carbocycles. The predicted molar refractivity (Wildman–Crippen MR) is 235 cm³/mol. The van der Waals surface area contributed by atoms with E-state index in [0.717, 1.165) is 16.5 Å². The second kappa shape index (κ2) is 21.7. The monoisotopic (exact) mass is 889 g/mol. The van der Waals surface area contributed by atoms with Crippen molar-refractivity contribution in [2.45, 2.75) is 110 Å². The smallest absolute Gasteiger partial charge is 0.408 e. The summed E-state index contributed by atoms with van der Waals surface area (Å²) in [5, 5.41) is 7.63. The third kappa shape index (κ3) is 13.5. The van der Waals surface area contributed by atoms with E-state index >= 15 is 0 Å². The second-order valence-corrected chi connectivity index (χ2v) is 17.0. The Morgan fingerprint density at radius 2 is 1.36 bits per heavy atom. The van der Waals surface area contributed by atoms with E-state index < -0.39 is 77.3 Å². The molecule has 346 valence electrons. The summed E-state index contributed by atoms with van der Waals surface area (Å²) in [5.41, 5.74) is 0.936. The number of Topliss-reactive ketones (excluding diaryl/α,β-unsaturated/α-hetero) is 2. The fourth-order valence-electron chi connectivity index (χ4n) is 7.17. The summed E-state index contributed by atoms with van der Waals surface area (Å²) in [4.78, 5) is 97.1. The number of ether oxygens (including phenoxy) is 4. The highest BCUT2D eigenvalue weighted by atomic mass is 19.1. The molecular weight excluding hydrogens is 830 g/mol. The first-order chi connectivity index (χ1) is 30.0. The van der Waals surface area contributed by atoms with Crippen LogP contribution in [0.5, 0.6) is 23.0 Å². The Morgan fingerprint density at radius 3 is 1.95 bits per heavy atom. The molecule has 6 atom stereocenters. The number of nitrogens with zero attached hydrogens (tertiary/aromatic N) is 2. The molecule has 5 amide bonds. The number of carbonyl (C=O) groups excluding carboxylic acids is 7. The summed E-state index contributed by atoms with van der Waals surface area (Å²) >= 11 is 0. The minimum absolute atomic E-state index is 0.0389. The van der Waals surface area contributed by atoms with Crippen LogP contribution in [-0.2, 0) is 52.8 Å². The molecule has 0 aromatic heterocycles. The van der Waals surface area contributed by atoms with E-state index in [4.69, 9.17) is 18.9 Å². The summed E-state index contributed by atoms with van der Waals surface area (Å²) in [5.74, 6) is -3.43. The van der Waals surface area contributed by atoms with Crippen molar-refractivity contribution in [3.63, 3.8) is 0 Å². The van der Waals surface area contributed by atoms with Crippen LogP contribution in [0.15, 0.2) is 60.7 Å². The lowest BCUT2D eigenvalue weighted by Crippen LogP contribution is -2.58. The summed E-state index contributed by atoms with van der Waals surface area (Å²) in [6, 6.07) is 10.4. The molecule has 0 spiro atoms. The first kappa shape index (κ1) is 50.1. The van der Waals surface area contributed by atoms with Crippen LogP contribution in [-0.4, -0.2) is 115 Å². The Labute approximate surface area is 373 Å². The van der Waals surface area contributed by atoms with Crippen molar-refractivity contribution >= 4 is 41.3 Å². The third-order valence-corrected chi connectivity index (χ3v) is 10.8. The molecule has 0 saturated heterocycles. The maximum Gasteiger partial charge on any atom is 0.408 e. The summed E-state index contributed by atoms with van der Waals surface area (Å²) in [6.07, 6.45) is -0.911. The van der Waals surface area contributed by atoms with E-state index in [9.17, 15) is 38.0 Å². The van der Waals surface area contributed by atoms with Gasteiger partial charge in [-0.2, -0.15) is 0 Å². The fraction of sp³-hybridized carbons (Fsp3) is 0.468. The van der Waals surface area contributed by atoms with Gasteiger partial charge in [0.05, 0.1) is 20.3 Å². The molecule has 0 unspecified atom stereocenters. The van der Waals surface area contributed by atoms with Gasteiger partial charge >= 0.3 is 6.09 Å². The molecule has 4 bridgehead atoms. The van der Waals surface area contributed by atoms with E-state index in [1.54, 1.807) is 63.2 Å². The zero-order valence-corrected chi connectivity index (χ0v) is 38.3. The molecule has 2 aliphatic heterocycles. The highest BCUT2D eigenvalue weighted by Gasteiger charge is 2.36. The van der Waals surface area contributed by atoms with Gasteiger partial charge in [0.15, 0.2) is 28.8 Å². The van der Waals surface area contributed by atoms with Gasteiger partial charge in [0.2, 0.25) is 23.6 Å². The lowest BCUT2D eigenvalue weighted by molar-refractivity contribution is -0.144. The number of methoxy groups -OCH3 is 2. The molecule has 2 aliphatic rings. The predicted octanol–water partition coefficient (Wildman–Crippen LogP) is 4.72. The molecule has 3 N–H and O–H groups in total. The number of ketones is 2. The fourth-order valence-corrected chi connectivity index (χ4v) is 7.17. The molecule has 3 aromatic rings. The average molecular weight is 890 g/mol. The van der Waals surface area contributed by atoms with Gasteiger partial charge in [-0.1, -0.05) is 24.3 Å². The number of halogens is 1. The van der Waals surface area contributed by atoms with Crippen LogP contribution in [0, 0.1) is 11.7 Å². The molecule has 0 radical (unpaired) electrons. The lowest BCUT2D eigenvalue weighted by Gasteiger charge is -2.33. The number of amides is 5. The molecule has 0 saturated carbocycles. The zero-order valence-electron chi connectivity index (χ0n) is 38.3. The lowest BCUT2D eigenvalue weighted by atomic mass is 9.87. The number of rotatable bonds is 14. The average Bonchev–Trinajstić information content (AvgIpc) is 3.22. The SMILES string of the molecule is COc1ccc(C[C@@H](C(=O)N[C@@H](C)C(=O)N(C)[C@H]2Cc3ccc(cc3)Oc3cc(ccc3OC)C[C@@H](C(C)=O)CC2=O)N(C)C(=O)[C@H](C)NC(=O)[C@@H](C)NC(=O)OC(C)(C)C)cc1F. The first-order valence-corrected chi connectivity index (χ1v) is 20.9. The largest absolute Gasteiger partial charge is 0.494 e. The number of hydrogen-bond donors (Lipinski definition) is 3. The van der Waals surface area contributed by atoms with E-state index in [0.29, 0.717) is 28.4 Å². The quantitative estimate of drug-likeness (QED) is 0.203. The Kier molecular flexibility index (Phi) is 17.0. The highest BCUT2D eigenvalue weighted by Crippen LogP contribution is 2.34. The summed E-state index contributed by atoms with van der Waals surface area (Å²) in [6.45, 7) is 10.6. The van der Waals surface area contributed by atoms with Crippen LogP contribution in [0.25, 0.3) is 0 Å². The van der Waals surface area contributed by atoms with Crippen molar-refractivity contribution < 1.29 is 56.9 Å². The number of alkyl carbamates (subject to hydrolysis) is 1. The van der Waals surface area contributed by atoms with Gasteiger partial charge in [-0.25, -0.2) is 9.18 Å². The van der Waals surface area contributed by atoms with Crippen molar-refractivity contribution in [2.24, 2.45) is 5.92 Å². The first-order valence-electron chi connectivity index (χ1n) is 20.9. The highest BCUT2D eigenvalue weighted by molar-refractivity contribution is 5.97. The van der Waals surface area contributed by atoms with Gasteiger partial charge < -0.3 is 44.7 Å². The van der Waals surface area contributed by atoms with Crippen molar-refractivity contribution in [3.05, 3.63) is 83.2 Å². The van der Waals surface area contributed by atoms with Crippen LogP contribution >= 0.6 is 0 Å². The number of nitrogens with one attached hydrogen (secondary N) is 3. The van der Waals surface area contributed by atoms with Gasteiger partial charge in [-0.3, -0.25) is 28.8 Å². The standard InChI is InChI=1S/C47H60FN5O11/c1-26(51-46(60)64-47(5,6)7)42(56)49-27(2)45(59)53(9)37(23-32-14-18-39(61-10)35(48)21-32)43(57)50-28(3)44(58)52(8)36-22-30-12-16-34(17-13-30)63-41-24-31(15-19-40(41)62-11)20-33(29(4)54)25-38(36)55/h12-19,21,24,26-28,33,36-37H,20,22-23,25H2,1-11H3,(H,49,56)(H,50,57)(H,51,60)/t26-,27+,28+,33-,36+,37+/m1/s1. The second-order valence-electron chi connectivity index (χ2n) is 17.0. The number of fused-ring (bicyclic) bond motifs is 7. The molecular formula is C47H60FN5O11. The minimum Gasteiger partial charge on any atom is -0.494 e. The van der Waals surface area contributed by atoms with Gasteiger partial charge in [0.25, 0.3) is 0 Å². The van der Waals surface area contributed by atoms with Crippen molar-refractivity contribution in [1.82, 2.24) is 25.8 Å². The van der Waals surface area contributed by atoms with Gasteiger partial charge in [0, 0.05) is 32.9 Å². The zero-order chi connectivity index (χ0) is 47.6. The Balaban J connectivity index is 1.57. The minimum atomic E-state index is -1.34. The molecule has 17 heteroatoms. The van der Waals surface area contributed by atoms with E-state index in [-0.39, 0.29) is 43.0 Å². The van der Waals surface area contributed by atoms with E-state index in [1.807, 2.05) is 0 Å². The maximum atomic E-state index is 14.9. The van der Waals surface area contributed by atoms with Gasteiger partial charge in [-0.15, -0.1) is 0 Å². The van der Waals surface area contributed by atoms with Gasteiger partial charge in [-0.05, 0) is 114 Å². The number of benzene rings is 3. The van der Waals surface area contributed by atoms with Crippen LogP contribution in [0.3, 0.4) is 0 Å². The van der Waals surface area contributed by atoms with Crippen molar-refractivity contribution in [1.29, 1.82) is 0 Å². The maximum absolute atomic E-state index is 14.9. The number of carbonyl (C=O) groups is 7. The topological polar surface area (TPSA) is 199 Å². The van der Waals surface area contributed by atoms with E-state index in [2.05, 4.69) is 16.0 Å². The summed E-state index contributed by atoms with van der Waals surface area (Å²) in [7, 11) is 5.60. The van der Waals surface area contributed by atoms with Crippen LogP contribution in [0.2, 0.25) is 0 Å².